The number of thiophene rings is 2. The quantitative estimate of drug-likeness (QED) is 0.488. The molecular formula is C22H23N3OS2. The van der Waals surface area contributed by atoms with Gasteiger partial charge in [-0.05, 0) is 50.4 Å². The van der Waals surface area contributed by atoms with E-state index < -0.39 is 0 Å². The second-order valence-electron chi connectivity index (χ2n) is 7.29. The van der Waals surface area contributed by atoms with Gasteiger partial charge >= 0.3 is 0 Å². The predicted octanol–water partition coefficient (Wildman–Crippen LogP) is 5.27. The molecule has 0 bridgehead atoms. The van der Waals surface area contributed by atoms with Crippen LogP contribution < -0.4 is 5.56 Å². The van der Waals surface area contributed by atoms with E-state index in [2.05, 4.69) is 73.4 Å². The van der Waals surface area contributed by atoms with E-state index in [1.165, 1.54) is 16.0 Å². The molecule has 0 saturated carbocycles. The number of aryl methyl sites for hydroxylation is 3. The van der Waals surface area contributed by atoms with Crippen LogP contribution in [0.5, 0.6) is 0 Å². The average molecular weight is 410 g/mol. The molecule has 0 atom stereocenters. The highest BCUT2D eigenvalue weighted by atomic mass is 32.1. The molecule has 0 spiro atoms. The third kappa shape index (κ3) is 3.68. The van der Waals surface area contributed by atoms with Gasteiger partial charge in [0, 0.05) is 21.9 Å². The Morgan fingerprint density at radius 3 is 2.50 bits per heavy atom. The Labute approximate surface area is 172 Å². The molecule has 3 aromatic heterocycles. The van der Waals surface area contributed by atoms with Gasteiger partial charge in [-0.3, -0.25) is 9.69 Å². The van der Waals surface area contributed by atoms with E-state index in [0.29, 0.717) is 17.8 Å². The first kappa shape index (κ1) is 19.1. The van der Waals surface area contributed by atoms with Crippen LogP contribution in [0, 0.1) is 20.8 Å². The molecule has 0 aliphatic rings. The van der Waals surface area contributed by atoms with Crippen LogP contribution >= 0.6 is 22.7 Å². The number of rotatable bonds is 5. The van der Waals surface area contributed by atoms with Crippen molar-refractivity contribution in [3.8, 4) is 11.1 Å². The maximum Gasteiger partial charge on any atom is 0.260 e. The summed E-state index contributed by atoms with van der Waals surface area (Å²) in [6.07, 6.45) is 0. The van der Waals surface area contributed by atoms with Crippen molar-refractivity contribution in [2.24, 2.45) is 0 Å². The Hall–Kier alpha value is -2.28. The second kappa shape index (κ2) is 7.62. The smallest absolute Gasteiger partial charge is 0.260 e. The molecule has 1 aromatic carbocycles. The van der Waals surface area contributed by atoms with Crippen molar-refractivity contribution in [1.29, 1.82) is 0 Å². The van der Waals surface area contributed by atoms with Crippen molar-refractivity contribution in [3.05, 3.63) is 72.8 Å². The zero-order valence-corrected chi connectivity index (χ0v) is 18.1. The number of nitrogens with zero attached hydrogens (tertiary/aromatic N) is 2. The van der Waals surface area contributed by atoms with Crippen molar-refractivity contribution >= 4 is 32.9 Å². The van der Waals surface area contributed by atoms with Crippen LogP contribution in [0.25, 0.3) is 21.3 Å². The summed E-state index contributed by atoms with van der Waals surface area (Å²) in [7, 11) is 2.06. The monoisotopic (exact) mass is 409 g/mol. The van der Waals surface area contributed by atoms with Gasteiger partial charge in [-0.2, -0.15) is 0 Å². The van der Waals surface area contributed by atoms with Crippen LogP contribution in [0.1, 0.15) is 26.7 Å². The lowest BCUT2D eigenvalue weighted by Gasteiger charge is -2.15. The topological polar surface area (TPSA) is 49.0 Å². The van der Waals surface area contributed by atoms with Crippen LogP contribution in [0.3, 0.4) is 0 Å². The van der Waals surface area contributed by atoms with Gasteiger partial charge < -0.3 is 4.98 Å². The third-order valence-electron chi connectivity index (χ3n) is 4.93. The first-order valence-corrected chi connectivity index (χ1v) is 10.9. The third-order valence-corrected chi connectivity index (χ3v) is 6.94. The fraction of sp³-hybridized carbons (Fsp3) is 0.273. The lowest BCUT2D eigenvalue weighted by molar-refractivity contribution is 0.313. The van der Waals surface area contributed by atoms with Gasteiger partial charge in [0.05, 0.1) is 11.9 Å². The summed E-state index contributed by atoms with van der Waals surface area (Å²) in [4.78, 5) is 26.2. The lowest BCUT2D eigenvalue weighted by Crippen LogP contribution is -2.21. The second-order valence-corrected chi connectivity index (χ2v) is 9.49. The van der Waals surface area contributed by atoms with Gasteiger partial charge in [0.2, 0.25) is 0 Å². The Balaban J connectivity index is 1.67. The number of H-pyrrole nitrogens is 1. The van der Waals surface area contributed by atoms with Gasteiger partial charge in [-0.25, -0.2) is 4.98 Å². The standard InChI is InChI=1S/C22H23N3OS2/c1-13-5-7-16(8-6-13)19-15(3)28-22-20(19)21(26)23-18(24-22)12-25(4)11-17-14(2)9-10-27-17/h5-10H,11-12H2,1-4H3,(H,23,24,26). The van der Waals surface area contributed by atoms with Gasteiger partial charge in [-0.1, -0.05) is 29.8 Å². The molecule has 1 N–H and O–H groups in total. The number of aromatic nitrogens is 2. The maximum absolute atomic E-state index is 12.9. The van der Waals surface area contributed by atoms with E-state index in [0.717, 1.165) is 27.4 Å². The summed E-state index contributed by atoms with van der Waals surface area (Å²) in [6, 6.07) is 10.5. The minimum Gasteiger partial charge on any atom is -0.309 e. The summed E-state index contributed by atoms with van der Waals surface area (Å²) >= 11 is 3.36. The number of aromatic amines is 1. The molecule has 0 unspecified atom stereocenters. The van der Waals surface area contributed by atoms with E-state index in [1.807, 2.05) is 0 Å². The number of fused-ring (bicyclic) bond motifs is 1. The molecule has 0 radical (unpaired) electrons. The highest BCUT2D eigenvalue weighted by Gasteiger charge is 2.17. The van der Waals surface area contributed by atoms with Crippen LogP contribution in [0.15, 0.2) is 40.5 Å². The number of hydrogen-bond acceptors (Lipinski definition) is 5. The molecule has 0 aliphatic heterocycles. The summed E-state index contributed by atoms with van der Waals surface area (Å²) in [5.74, 6) is 0.714. The molecular weight excluding hydrogens is 386 g/mol. The molecule has 4 aromatic rings. The Morgan fingerprint density at radius 2 is 1.82 bits per heavy atom. The van der Waals surface area contributed by atoms with E-state index in [1.54, 1.807) is 22.7 Å². The molecule has 28 heavy (non-hydrogen) atoms. The highest BCUT2D eigenvalue weighted by molar-refractivity contribution is 7.19. The molecule has 0 fully saturated rings. The first-order chi connectivity index (χ1) is 13.4. The lowest BCUT2D eigenvalue weighted by atomic mass is 10.0. The molecule has 144 valence electrons. The summed E-state index contributed by atoms with van der Waals surface area (Å²) in [5, 5.41) is 2.82. The van der Waals surface area contributed by atoms with E-state index in [9.17, 15) is 4.79 Å². The summed E-state index contributed by atoms with van der Waals surface area (Å²) in [6.45, 7) is 7.72. The molecule has 6 heteroatoms. The fourth-order valence-electron chi connectivity index (χ4n) is 3.43. The van der Waals surface area contributed by atoms with E-state index in [-0.39, 0.29) is 5.56 Å². The number of hydrogen-bond donors (Lipinski definition) is 1. The van der Waals surface area contributed by atoms with Crippen molar-refractivity contribution in [2.45, 2.75) is 33.9 Å². The Kier molecular flexibility index (Phi) is 5.19. The molecule has 0 amide bonds. The summed E-state index contributed by atoms with van der Waals surface area (Å²) in [5.41, 5.74) is 4.54. The minimum atomic E-state index is -0.0550. The van der Waals surface area contributed by atoms with Crippen LogP contribution in [-0.4, -0.2) is 21.9 Å². The van der Waals surface area contributed by atoms with E-state index >= 15 is 0 Å². The highest BCUT2D eigenvalue weighted by Crippen LogP contribution is 2.35. The fourth-order valence-corrected chi connectivity index (χ4v) is 5.48. The largest absolute Gasteiger partial charge is 0.309 e. The number of nitrogens with one attached hydrogen (secondary N) is 1. The van der Waals surface area contributed by atoms with E-state index in [4.69, 9.17) is 4.98 Å². The summed E-state index contributed by atoms with van der Waals surface area (Å²) < 4.78 is 0. The van der Waals surface area contributed by atoms with Crippen LogP contribution in [0.4, 0.5) is 0 Å². The Morgan fingerprint density at radius 1 is 1.07 bits per heavy atom. The SMILES string of the molecule is Cc1ccc(-c2c(C)sc3nc(CN(C)Cc4sccc4C)[nH]c(=O)c23)cc1. The average Bonchev–Trinajstić information content (AvgIpc) is 3.18. The Bertz CT molecular complexity index is 1180. The van der Waals surface area contributed by atoms with Crippen LogP contribution in [-0.2, 0) is 13.1 Å². The molecule has 4 nitrogen and oxygen atoms in total. The van der Waals surface area contributed by atoms with Crippen molar-refractivity contribution in [3.63, 3.8) is 0 Å². The molecule has 0 aliphatic carbocycles. The van der Waals surface area contributed by atoms with Crippen LogP contribution in [0.2, 0.25) is 0 Å². The van der Waals surface area contributed by atoms with Gasteiger partial charge in [0.25, 0.3) is 5.56 Å². The minimum absolute atomic E-state index is 0.0550. The number of benzene rings is 1. The first-order valence-electron chi connectivity index (χ1n) is 9.23. The molecule has 4 rings (SSSR count). The predicted molar refractivity (Wildman–Crippen MR) is 119 cm³/mol. The van der Waals surface area contributed by atoms with Gasteiger partial charge in [0.15, 0.2) is 0 Å². The normalized spacial score (nSPS) is 11.6. The van der Waals surface area contributed by atoms with Crippen molar-refractivity contribution < 1.29 is 0 Å². The van der Waals surface area contributed by atoms with Crippen molar-refractivity contribution in [2.75, 3.05) is 7.05 Å². The van der Waals surface area contributed by atoms with Gasteiger partial charge in [0.1, 0.15) is 10.7 Å². The maximum atomic E-state index is 12.9. The zero-order chi connectivity index (χ0) is 19.8. The molecule has 3 heterocycles. The van der Waals surface area contributed by atoms with Crippen molar-refractivity contribution in [1.82, 2.24) is 14.9 Å². The van der Waals surface area contributed by atoms with Gasteiger partial charge in [-0.15, -0.1) is 22.7 Å². The molecule has 0 saturated heterocycles. The zero-order valence-electron chi connectivity index (χ0n) is 16.5.